The van der Waals surface area contributed by atoms with Crippen molar-refractivity contribution in [2.45, 2.75) is 39.0 Å². The lowest BCUT2D eigenvalue weighted by Crippen LogP contribution is -2.30. The summed E-state index contributed by atoms with van der Waals surface area (Å²) in [5.74, 6) is 0.766. The Labute approximate surface area is 106 Å². The lowest BCUT2D eigenvalue weighted by atomic mass is 9.77. The number of nitrogens with zero attached hydrogens (tertiary/aromatic N) is 1. The van der Waals surface area contributed by atoms with E-state index in [0.717, 1.165) is 32.1 Å². The normalized spacial score (nSPS) is 28.2. The van der Waals surface area contributed by atoms with E-state index < -0.39 is 0 Å². The molecule has 100 valence electrons. The topological polar surface area (TPSA) is 38.5 Å². The third kappa shape index (κ3) is 3.01. The second-order valence-electron chi connectivity index (χ2n) is 5.80. The summed E-state index contributed by atoms with van der Waals surface area (Å²) in [4.78, 5) is 2.63. The summed E-state index contributed by atoms with van der Waals surface area (Å²) in [6.45, 7) is 8.46. The molecule has 3 heteroatoms. The number of rotatable bonds is 6. The molecule has 1 spiro atoms. The molecular weight excluding hydrogens is 212 g/mol. The van der Waals surface area contributed by atoms with Crippen LogP contribution in [0.1, 0.15) is 39.0 Å². The SMILES string of the molecule is CCOC[C@@H]1CN(CCCN)CC12CCCC2. The maximum absolute atomic E-state index is 5.71. The molecule has 2 aliphatic rings. The number of likely N-dealkylation sites (tertiary alicyclic amines) is 1. The van der Waals surface area contributed by atoms with Gasteiger partial charge >= 0.3 is 0 Å². The van der Waals surface area contributed by atoms with Gasteiger partial charge in [-0.3, -0.25) is 0 Å². The molecule has 3 nitrogen and oxygen atoms in total. The first kappa shape index (κ1) is 13.3. The molecule has 1 atom stereocenters. The maximum Gasteiger partial charge on any atom is 0.0512 e. The molecule has 0 radical (unpaired) electrons. The number of nitrogens with two attached hydrogens (primary N) is 1. The van der Waals surface area contributed by atoms with Crippen molar-refractivity contribution in [1.82, 2.24) is 4.90 Å². The van der Waals surface area contributed by atoms with Crippen molar-refractivity contribution in [2.24, 2.45) is 17.1 Å². The summed E-state index contributed by atoms with van der Waals surface area (Å²) in [6.07, 6.45) is 6.83. The van der Waals surface area contributed by atoms with Crippen LogP contribution in [0.4, 0.5) is 0 Å². The van der Waals surface area contributed by atoms with Gasteiger partial charge in [0.15, 0.2) is 0 Å². The van der Waals surface area contributed by atoms with Crippen molar-refractivity contribution in [2.75, 3.05) is 39.4 Å². The molecule has 1 saturated heterocycles. The second kappa shape index (κ2) is 6.17. The summed E-state index contributed by atoms with van der Waals surface area (Å²) in [5.41, 5.74) is 6.20. The monoisotopic (exact) mass is 240 g/mol. The third-order valence-electron chi connectivity index (χ3n) is 4.68. The fourth-order valence-corrected chi connectivity index (χ4v) is 3.76. The Morgan fingerprint density at radius 2 is 2.12 bits per heavy atom. The van der Waals surface area contributed by atoms with Crippen LogP contribution in [-0.4, -0.2) is 44.3 Å². The van der Waals surface area contributed by atoms with Gasteiger partial charge in [0.1, 0.15) is 0 Å². The maximum atomic E-state index is 5.71. The summed E-state index contributed by atoms with van der Waals surface area (Å²) in [6, 6.07) is 0. The molecular formula is C14H28N2O. The predicted octanol–water partition coefficient (Wildman–Crippen LogP) is 1.86. The van der Waals surface area contributed by atoms with Crippen molar-refractivity contribution >= 4 is 0 Å². The van der Waals surface area contributed by atoms with Crippen molar-refractivity contribution in [3.05, 3.63) is 0 Å². The molecule has 0 aromatic carbocycles. The number of hydrogen-bond donors (Lipinski definition) is 1. The lowest BCUT2D eigenvalue weighted by Gasteiger charge is -2.29. The van der Waals surface area contributed by atoms with E-state index in [2.05, 4.69) is 11.8 Å². The van der Waals surface area contributed by atoms with Crippen LogP contribution in [0, 0.1) is 11.3 Å². The van der Waals surface area contributed by atoms with Crippen LogP contribution in [0.5, 0.6) is 0 Å². The van der Waals surface area contributed by atoms with E-state index in [-0.39, 0.29) is 0 Å². The minimum absolute atomic E-state index is 0.587. The smallest absolute Gasteiger partial charge is 0.0512 e. The van der Waals surface area contributed by atoms with E-state index in [1.807, 2.05) is 0 Å². The van der Waals surface area contributed by atoms with Crippen LogP contribution < -0.4 is 5.73 Å². The summed E-state index contributed by atoms with van der Waals surface area (Å²) in [7, 11) is 0. The Balaban J connectivity index is 1.92. The highest BCUT2D eigenvalue weighted by molar-refractivity contribution is 4.99. The van der Waals surface area contributed by atoms with Crippen molar-refractivity contribution < 1.29 is 4.74 Å². The summed E-state index contributed by atoms with van der Waals surface area (Å²) >= 11 is 0. The average molecular weight is 240 g/mol. The predicted molar refractivity (Wildman–Crippen MR) is 71.0 cm³/mol. The van der Waals surface area contributed by atoms with Crippen LogP contribution in [-0.2, 0) is 4.74 Å². The first-order valence-electron chi connectivity index (χ1n) is 7.31. The lowest BCUT2D eigenvalue weighted by molar-refractivity contribution is 0.0688. The van der Waals surface area contributed by atoms with Crippen LogP contribution >= 0.6 is 0 Å². The summed E-state index contributed by atoms with van der Waals surface area (Å²) in [5, 5.41) is 0. The molecule has 0 aromatic heterocycles. The second-order valence-corrected chi connectivity index (χ2v) is 5.80. The molecule has 0 unspecified atom stereocenters. The highest BCUT2D eigenvalue weighted by Gasteiger charge is 2.47. The van der Waals surface area contributed by atoms with Crippen molar-refractivity contribution in [3.8, 4) is 0 Å². The zero-order chi connectivity index (χ0) is 12.1. The van der Waals surface area contributed by atoms with Gasteiger partial charge in [-0.05, 0) is 44.7 Å². The molecule has 17 heavy (non-hydrogen) atoms. The van der Waals surface area contributed by atoms with E-state index in [4.69, 9.17) is 10.5 Å². The zero-order valence-corrected chi connectivity index (χ0v) is 11.3. The fraction of sp³-hybridized carbons (Fsp3) is 1.00. The fourth-order valence-electron chi connectivity index (χ4n) is 3.76. The van der Waals surface area contributed by atoms with Gasteiger partial charge in [-0.25, -0.2) is 0 Å². The van der Waals surface area contributed by atoms with E-state index in [9.17, 15) is 0 Å². The standard InChI is InChI=1S/C14H28N2O/c1-2-17-11-13-10-16(9-5-8-15)12-14(13)6-3-4-7-14/h13H,2-12,15H2,1H3/t13-/m0/s1. The number of ether oxygens (including phenoxy) is 1. The third-order valence-corrected chi connectivity index (χ3v) is 4.68. The first-order chi connectivity index (χ1) is 8.30. The molecule has 1 saturated carbocycles. The van der Waals surface area contributed by atoms with E-state index in [1.54, 1.807) is 0 Å². The summed E-state index contributed by atoms with van der Waals surface area (Å²) < 4.78 is 5.71. The molecule has 0 amide bonds. The Morgan fingerprint density at radius 3 is 2.76 bits per heavy atom. The Kier molecular flexibility index (Phi) is 4.83. The van der Waals surface area contributed by atoms with E-state index in [1.165, 1.54) is 45.3 Å². The molecule has 2 N–H and O–H groups in total. The first-order valence-corrected chi connectivity index (χ1v) is 7.31. The van der Waals surface area contributed by atoms with Gasteiger partial charge in [-0.1, -0.05) is 12.8 Å². The highest BCUT2D eigenvalue weighted by Crippen LogP contribution is 2.49. The van der Waals surface area contributed by atoms with Gasteiger partial charge in [-0.15, -0.1) is 0 Å². The Hall–Kier alpha value is -0.120. The minimum Gasteiger partial charge on any atom is -0.381 e. The zero-order valence-electron chi connectivity index (χ0n) is 11.3. The minimum atomic E-state index is 0.587. The van der Waals surface area contributed by atoms with Gasteiger partial charge in [-0.2, -0.15) is 0 Å². The number of hydrogen-bond acceptors (Lipinski definition) is 3. The molecule has 1 aliphatic heterocycles. The van der Waals surface area contributed by atoms with Crippen LogP contribution in [0.25, 0.3) is 0 Å². The average Bonchev–Trinajstić information content (AvgIpc) is 2.93. The Bertz CT molecular complexity index is 226. The molecule has 0 aromatic rings. The van der Waals surface area contributed by atoms with Crippen LogP contribution in [0.15, 0.2) is 0 Å². The molecule has 1 heterocycles. The van der Waals surface area contributed by atoms with Crippen LogP contribution in [0.3, 0.4) is 0 Å². The molecule has 2 fully saturated rings. The molecule has 2 rings (SSSR count). The van der Waals surface area contributed by atoms with Gasteiger partial charge in [0.05, 0.1) is 6.61 Å². The highest BCUT2D eigenvalue weighted by atomic mass is 16.5. The van der Waals surface area contributed by atoms with Crippen molar-refractivity contribution in [1.29, 1.82) is 0 Å². The van der Waals surface area contributed by atoms with Gasteiger partial charge in [0, 0.05) is 25.6 Å². The van der Waals surface area contributed by atoms with Crippen molar-refractivity contribution in [3.63, 3.8) is 0 Å². The van der Waals surface area contributed by atoms with E-state index in [0.29, 0.717) is 5.41 Å². The largest absolute Gasteiger partial charge is 0.381 e. The molecule has 0 bridgehead atoms. The van der Waals surface area contributed by atoms with Gasteiger partial charge < -0.3 is 15.4 Å². The van der Waals surface area contributed by atoms with Crippen LogP contribution in [0.2, 0.25) is 0 Å². The van der Waals surface area contributed by atoms with Gasteiger partial charge in [0.25, 0.3) is 0 Å². The Morgan fingerprint density at radius 1 is 1.35 bits per heavy atom. The quantitative estimate of drug-likeness (QED) is 0.770. The van der Waals surface area contributed by atoms with Gasteiger partial charge in [0.2, 0.25) is 0 Å². The molecule has 1 aliphatic carbocycles. The van der Waals surface area contributed by atoms with E-state index >= 15 is 0 Å².